The highest BCUT2D eigenvalue weighted by Gasteiger charge is 2.09. The molecule has 1 heterocycles. The van der Waals surface area contributed by atoms with Crippen LogP contribution in [-0.2, 0) is 17.9 Å². The van der Waals surface area contributed by atoms with E-state index in [1.807, 2.05) is 18.2 Å². The van der Waals surface area contributed by atoms with Gasteiger partial charge in [-0.25, -0.2) is 0 Å². The summed E-state index contributed by atoms with van der Waals surface area (Å²) in [6.07, 6.45) is 0. The minimum atomic E-state index is -0.0268. The smallest absolute Gasteiger partial charge is 0.219 e. The minimum absolute atomic E-state index is 0.0268. The van der Waals surface area contributed by atoms with Crippen molar-refractivity contribution in [3.63, 3.8) is 0 Å². The third kappa shape index (κ3) is 6.30. The summed E-state index contributed by atoms with van der Waals surface area (Å²) < 4.78 is 5.47. The number of hydrogen-bond donors (Lipinski definition) is 3. The number of hydrogen-bond acceptors (Lipinski definition) is 5. The molecule has 0 bridgehead atoms. The van der Waals surface area contributed by atoms with Crippen LogP contribution in [0, 0.1) is 6.92 Å². The lowest BCUT2D eigenvalue weighted by atomic mass is 9.96. The molecule has 162 valence electrons. The number of anilines is 1. The molecule has 6 heteroatoms. The first-order valence-corrected chi connectivity index (χ1v) is 10.5. The number of carbonyl (C=O) groups excluding carboxylic acids is 1. The molecule has 0 aliphatic carbocycles. The van der Waals surface area contributed by atoms with E-state index in [0.717, 1.165) is 11.4 Å². The van der Waals surface area contributed by atoms with Gasteiger partial charge in [-0.15, -0.1) is 0 Å². The van der Waals surface area contributed by atoms with E-state index in [-0.39, 0.29) is 5.91 Å². The van der Waals surface area contributed by atoms with Crippen LogP contribution in [0.5, 0.6) is 5.88 Å². The Bertz CT molecular complexity index is 1010. The fourth-order valence-electron chi connectivity index (χ4n) is 3.42. The van der Waals surface area contributed by atoms with Crippen LogP contribution in [-0.4, -0.2) is 31.1 Å². The van der Waals surface area contributed by atoms with Gasteiger partial charge >= 0.3 is 0 Å². The second-order valence-corrected chi connectivity index (χ2v) is 7.33. The third-order valence-corrected chi connectivity index (χ3v) is 5.11. The first kappa shape index (κ1) is 22.3. The molecular formula is C25H30N4O2. The highest BCUT2D eigenvalue weighted by molar-refractivity contribution is 5.72. The summed E-state index contributed by atoms with van der Waals surface area (Å²) in [5, 5.41) is 9.46. The number of ether oxygens (including phenoxy) is 1. The first-order chi connectivity index (χ1) is 15.1. The third-order valence-electron chi connectivity index (χ3n) is 5.11. The minimum Gasteiger partial charge on any atom is -0.481 e. The summed E-state index contributed by atoms with van der Waals surface area (Å²) in [4.78, 5) is 15.5. The van der Waals surface area contributed by atoms with Gasteiger partial charge in [-0.05, 0) is 41.3 Å². The number of benzene rings is 2. The number of nitrogens with zero attached hydrogens (tertiary/aromatic N) is 1. The molecule has 3 aromatic rings. The van der Waals surface area contributed by atoms with Crippen molar-refractivity contribution in [1.82, 2.24) is 15.6 Å². The van der Waals surface area contributed by atoms with Crippen LogP contribution in [0.3, 0.4) is 0 Å². The summed E-state index contributed by atoms with van der Waals surface area (Å²) in [6, 6.07) is 20.8. The monoisotopic (exact) mass is 418 g/mol. The molecule has 0 aliphatic rings. The Kier molecular flexibility index (Phi) is 8.01. The summed E-state index contributed by atoms with van der Waals surface area (Å²) in [5.74, 6) is 1.33. The van der Waals surface area contributed by atoms with Crippen molar-refractivity contribution in [2.75, 3.05) is 25.5 Å². The Morgan fingerprint density at radius 3 is 2.48 bits per heavy atom. The molecule has 0 aliphatic heterocycles. The molecule has 6 nitrogen and oxygen atoms in total. The van der Waals surface area contributed by atoms with Crippen molar-refractivity contribution < 1.29 is 9.53 Å². The predicted molar refractivity (Wildman–Crippen MR) is 125 cm³/mol. The van der Waals surface area contributed by atoms with Gasteiger partial charge in [0.1, 0.15) is 5.82 Å². The zero-order chi connectivity index (χ0) is 22.1. The molecule has 2 aromatic carbocycles. The second-order valence-electron chi connectivity index (χ2n) is 7.33. The number of methoxy groups -OCH3 is 1. The molecule has 0 radical (unpaired) electrons. The van der Waals surface area contributed by atoms with Crippen molar-refractivity contribution in [3.8, 4) is 17.0 Å². The number of amides is 1. The van der Waals surface area contributed by atoms with E-state index >= 15 is 0 Å². The summed E-state index contributed by atoms with van der Waals surface area (Å²) in [5.41, 5.74) is 5.92. The number of nitrogens with one attached hydrogen (secondary N) is 3. The Labute approximate surface area is 184 Å². The standard InChI is InChI=1S/C25H30N4O2/c1-18-21(10-7-11-23(18)20-8-5-4-6-9-20)17-28-24-13-12-22(25(29-24)31-3)16-26-14-15-27-19(2)30/h4-13,26H,14-17H2,1-3H3,(H,27,30)(H,28,29). The summed E-state index contributed by atoms with van der Waals surface area (Å²) in [7, 11) is 1.63. The Balaban J connectivity index is 1.62. The SMILES string of the molecule is COc1nc(NCc2cccc(-c3ccccc3)c2C)ccc1CNCCNC(C)=O. The van der Waals surface area contributed by atoms with Crippen molar-refractivity contribution >= 4 is 11.7 Å². The van der Waals surface area contributed by atoms with E-state index in [1.54, 1.807) is 7.11 Å². The van der Waals surface area contributed by atoms with Crippen molar-refractivity contribution in [2.45, 2.75) is 26.9 Å². The largest absolute Gasteiger partial charge is 0.481 e. The van der Waals surface area contributed by atoms with Crippen LogP contribution >= 0.6 is 0 Å². The molecule has 0 spiro atoms. The Morgan fingerprint density at radius 1 is 0.935 bits per heavy atom. The molecular weight excluding hydrogens is 388 g/mol. The van der Waals surface area contributed by atoms with Gasteiger partial charge in [0.2, 0.25) is 11.8 Å². The van der Waals surface area contributed by atoms with Crippen LogP contribution < -0.4 is 20.7 Å². The fraction of sp³-hybridized carbons (Fsp3) is 0.280. The summed E-state index contributed by atoms with van der Waals surface area (Å²) >= 11 is 0. The van der Waals surface area contributed by atoms with E-state index < -0.39 is 0 Å². The van der Waals surface area contributed by atoms with E-state index in [2.05, 4.69) is 70.3 Å². The number of rotatable bonds is 10. The lowest BCUT2D eigenvalue weighted by molar-refractivity contribution is -0.118. The fourth-order valence-corrected chi connectivity index (χ4v) is 3.42. The van der Waals surface area contributed by atoms with Crippen LogP contribution in [0.4, 0.5) is 5.82 Å². The van der Waals surface area contributed by atoms with E-state index in [0.29, 0.717) is 32.1 Å². The molecule has 0 unspecified atom stereocenters. The van der Waals surface area contributed by atoms with Gasteiger partial charge in [0.05, 0.1) is 7.11 Å². The predicted octanol–water partition coefficient (Wildman–Crippen LogP) is 3.90. The molecule has 1 amide bonds. The lowest BCUT2D eigenvalue weighted by Gasteiger charge is -2.14. The maximum absolute atomic E-state index is 10.9. The molecule has 0 saturated heterocycles. The quantitative estimate of drug-likeness (QED) is 0.436. The van der Waals surface area contributed by atoms with E-state index in [9.17, 15) is 4.79 Å². The van der Waals surface area contributed by atoms with Crippen LogP contribution in [0.2, 0.25) is 0 Å². The van der Waals surface area contributed by atoms with Crippen molar-refractivity contribution in [3.05, 3.63) is 77.4 Å². The first-order valence-electron chi connectivity index (χ1n) is 10.5. The number of pyridine rings is 1. The topological polar surface area (TPSA) is 75.3 Å². The average Bonchev–Trinajstić information content (AvgIpc) is 2.79. The van der Waals surface area contributed by atoms with Crippen LogP contribution in [0.15, 0.2) is 60.7 Å². The molecule has 0 saturated carbocycles. The van der Waals surface area contributed by atoms with Crippen molar-refractivity contribution in [1.29, 1.82) is 0 Å². The molecule has 31 heavy (non-hydrogen) atoms. The van der Waals surface area contributed by atoms with Gasteiger partial charge in [0.15, 0.2) is 0 Å². The average molecular weight is 419 g/mol. The Hall–Kier alpha value is -3.38. The number of aromatic nitrogens is 1. The van der Waals surface area contributed by atoms with Gasteiger partial charge in [0.25, 0.3) is 0 Å². The molecule has 3 N–H and O–H groups in total. The van der Waals surface area contributed by atoms with E-state index in [4.69, 9.17) is 4.74 Å². The highest BCUT2D eigenvalue weighted by atomic mass is 16.5. The van der Waals surface area contributed by atoms with Gasteiger partial charge in [-0.2, -0.15) is 4.98 Å². The van der Waals surface area contributed by atoms with Gasteiger partial charge in [0, 0.05) is 38.7 Å². The normalized spacial score (nSPS) is 10.5. The zero-order valence-corrected chi connectivity index (χ0v) is 18.4. The van der Waals surface area contributed by atoms with Crippen LogP contribution in [0.1, 0.15) is 23.6 Å². The molecule has 1 aromatic heterocycles. The Morgan fingerprint density at radius 2 is 1.74 bits per heavy atom. The maximum atomic E-state index is 10.9. The van der Waals surface area contributed by atoms with E-state index in [1.165, 1.54) is 29.2 Å². The van der Waals surface area contributed by atoms with Crippen LogP contribution in [0.25, 0.3) is 11.1 Å². The van der Waals surface area contributed by atoms with Gasteiger partial charge < -0.3 is 20.7 Å². The van der Waals surface area contributed by atoms with Gasteiger partial charge in [-0.1, -0.05) is 48.5 Å². The summed E-state index contributed by atoms with van der Waals surface area (Å²) in [6.45, 7) is 6.23. The molecule has 0 fully saturated rings. The van der Waals surface area contributed by atoms with Crippen molar-refractivity contribution in [2.24, 2.45) is 0 Å². The van der Waals surface area contributed by atoms with Gasteiger partial charge in [-0.3, -0.25) is 4.79 Å². The highest BCUT2D eigenvalue weighted by Crippen LogP contribution is 2.26. The molecule has 3 rings (SSSR count). The lowest BCUT2D eigenvalue weighted by Crippen LogP contribution is -2.30. The molecule has 0 atom stereocenters. The maximum Gasteiger partial charge on any atom is 0.219 e. The second kappa shape index (κ2) is 11.1. The zero-order valence-electron chi connectivity index (χ0n) is 18.4. The number of carbonyl (C=O) groups is 1.